The van der Waals surface area contributed by atoms with E-state index in [2.05, 4.69) is 5.32 Å². The van der Waals surface area contributed by atoms with Gasteiger partial charge >= 0.3 is 0 Å². The van der Waals surface area contributed by atoms with E-state index in [0.717, 1.165) is 43.6 Å². The molecule has 5 rings (SSSR count). The summed E-state index contributed by atoms with van der Waals surface area (Å²) in [5, 5.41) is 13.8. The van der Waals surface area contributed by atoms with Gasteiger partial charge in [0.1, 0.15) is 18.1 Å². The number of rotatable bonds is 7. The first-order valence-electron chi connectivity index (χ1n) is 9.74. The Morgan fingerprint density at radius 3 is 2.42 bits per heavy atom. The lowest BCUT2D eigenvalue weighted by Crippen LogP contribution is -2.56. The molecule has 0 aliphatic heterocycles. The smallest absolute Gasteiger partial charge is 0.220 e. The Morgan fingerprint density at radius 2 is 1.81 bits per heavy atom. The SMILES string of the molecule is COc1ccc(OCCNC(=O)CC23CC4CC(CC(O)(C4)C2)C3)cc1. The summed E-state index contributed by atoms with van der Waals surface area (Å²) < 4.78 is 10.8. The van der Waals surface area contributed by atoms with Crippen molar-refractivity contribution in [3.63, 3.8) is 0 Å². The fourth-order valence-electron chi connectivity index (χ4n) is 6.04. The molecule has 0 spiro atoms. The summed E-state index contributed by atoms with van der Waals surface area (Å²) >= 11 is 0. The van der Waals surface area contributed by atoms with Crippen molar-refractivity contribution in [3.05, 3.63) is 24.3 Å². The monoisotopic (exact) mass is 359 g/mol. The highest BCUT2D eigenvalue weighted by Crippen LogP contribution is 2.62. The Labute approximate surface area is 155 Å². The van der Waals surface area contributed by atoms with Crippen molar-refractivity contribution in [2.75, 3.05) is 20.3 Å². The van der Waals surface area contributed by atoms with Crippen LogP contribution in [-0.2, 0) is 4.79 Å². The average molecular weight is 359 g/mol. The van der Waals surface area contributed by atoms with Crippen molar-refractivity contribution in [2.45, 2.75) is 50.5 Å². The van der Waals surface area contributed by atoms with E-state index in [1.165, 1.54) is 6.42 Å². The van der Waals surface area contributed by atoms with Gasteiger partial charge in [0.05, 0.1) is 19.3 Å². The van der Waals surface area contributed by atoms with E-state index in [1.54, 1.807) is 7.11 Å². The molecule has 2 atom stereocenters. The molecular formula is C21H29NO4. The first-order chi connectivity index (χ1) is 12.5. The Hall–Kier alpha value is -1.75. The van der Waals surface area contributed by atoms with Crippen LogP contribution in [0.2, 0.25) is 0 Å². The van der Waals surface area contributed by atoms with Crippen LogP contribution in [0.5, 0.6) is 11.5 Å². The summed E-state index contributed by atoms with van der Waals surface area (Å²) in [5.74, 6) is 2.89. The van der Waals surface area contributed by atoms with E-state index in [0.29, 0.717) is 31.4 Å². The standard InChI is InChI=1S/C21H29NO4/c1-25-17-2-4-18(5-3-17)26-7-6-22-19(23)13-20-9-15-8-16(10-20)12-21(24,11-15)14-20/h2-5,15-16,24H,6-14H2,1H3,(H,22,23). The summed E-state index contributed by atoms with van der Waals surface area (Å²) in [6.45, 7) is 0.943. The molecule has 4 saturated carbocycles. The van der Waals surface area contributed by atoms with Crippen LogP contribution in [0.25, 0.3) is 0 Å². The third-order valence-electron chi connectivity index (χ3n) is 6.44. The Morgan fingerprint density at radius 1 is 1.15 bits per heavy atom. The molecule has 2 unspecified atom stereocenters. The number of carbonyl (C=O) groups is 1. The second kappa shape index (κ2) is 6.76. The van der Waals surface area contributed by atoms with E-state index >= 15 is 0 Å². The van der Waals surface area contributed by atoms with Crippen LogP contribution in [-0.4, -0.2) is 36.9 Å². The van der Waals surface area contributed by atoms with Gasteiger partial charge in [-0.1, -0.05) is 0 Å². The maximum atomic E-state index is 12.5. The quantitative estimate of drug-likeness (QED) is 0.735. The molecule has 1 amide bonds. The molecular weight excluding hydrogens is 330 g/mol. The predicted octanol–water partition coefficient (Wildman–Crippen LogP) is 2.91. The summed E-state index contributed by atoms with van der Waals surface area (Å²) in [7, 11) is 1.63. The van der Waals surface area contributed by atoms with E-state index in [-0.39, 0.29) is 11.3 Å². The lowest BCUT2D eigenvalue weighted by molar-refractivity contribution is -0.169. The lowest BCUT2D eigenvalue weighted by Gasteiger charge is -2.60. The summed E-state index contributed by atoms with van der Waals surface area (Å²) in [5.41, 5.74) is -0.471. The Bertz CT molecular complexity index is 642. The van der Waals surface area contributed by atoms with Gasteiger partial charge in [-0.15, -0.1) is 0 Å². The van der Waals surface area contributed by atoms with Crippen LogP contribution < -0.4 is 14.8 Å². The molecule has 5 heteroatoms. The highest BCUT2D eigenvalue weighted by Gasteiger charge is 2.57. The average Bonchev–Trinajstić information content (AvgIpc) is 2.56. The van der Waals surface area contributed by atoms with Crippen LogP contribution in [0.3, 0.4) is 0 Å². The summed E-state index contributed by atoms with van der Waals surface area (Å²) in [4.78, 5) is 12.5. The number of nitrogens with one attached hydrogen (secondary N) is 1. The first-order valence-corrected chi connectivity index (χ1v) is 9.74. The maximum absolute atomic E-state index is 12.5. The number of benzene rings is 1. The first kappa shape index (κ1) is 17.7. The molecule has 0 heterocycles. The lowest BCUT2D eigenvalue weighted by atomic mass is 9.47. The van der Waals surface area contributed by atoms with Crippen LogP contribution >= 0.6 is 0 Å². The number of carbonyl (C=O) groups excluding carboxylic acids is 1. The second-order valence-corrected chi connectivity index (χ2v) is 8.74. The van der Waals surface area contributed by atoms with Gasteiger partial charge in [0.15, 0.2) is 0 Å². The number of ether oxygens (including phenoxy) is 2. The van der Waals surface area contributed by atoms with Crippen molar-refractivity contribution >= 4 is 5.91 Å². The number of aliphatic hydroxyl groups is 1. The van der Waals surface area contributed by atoms with Crippen LogP contribution in [0, 0.1) is 17.3 Å². The topological polar surface area (TPSA) is 67.8 Å². The molecule has 4 fully saturated rings. The Balaban J connectivity index is 1.23. The third kappa shape index (κ3) is 3.68. The van der Waals surface area contributed by atoms with Crippen LogP contribution in [0.1, 0.15) is 44.9 Å². The number of hydrogen-bond donors (Lipinski definition) is 2. The van der Waals surface area contributed by atoms with Crippen LogP contribution in [0.4, 0.5) is 0 Å². The van der Waals surface area contributed by atoms with Crippen LogP contribution in [0.15, 0.2) is 24.3 Å². The van der Waals surface area contributed by atoms with Gasteiger partial charge in [-0.2, -0.15) is 0 Å². The maximum Gasteiger partial charge on any atom is 0.220 e. The molecule has 142 valence electrons. The van der Waals surface area contributed by atoms with Gasteiger partial charge in [0.2, 0.25) is 5.91 Å². The summed E-state index contributed by atoms with van der Waals surface area (Å²) in [6, 6.07) is 7.42. The zero-order valence-electron chi connectivity index (χ0n) is 15.5. The fraction of sp³-hybridized carbons (Fsp3) is 0.667. The molecule has 1 aromatic carbocycles. The highest BCUT2D eigenvalue weighted by molar-refractivity contribution is 5.76. The van der Waals surface area contributed by atoms with E-state index < -0.39 is 5.60 Å². The van der Waals surface area contributed by atoms with E-state index in [4.69, 9.17) is 9.47 Å². The minimum Gasteiger partial charge on any atom is -0.497 e. The number of hydrogen-bond acceptors (Lipinski definition) is 4. The molecule has 4 aliphatic rings. The second-order valence-electron chi connectivity index (χ2n) is 8.74. The third-order valence-corrected chi connectivity index (χ3v) is 6.44. The molecule has 1 aromatic rings. The van der Waals surface area contributed by atoms with Crippen molar-refractivity contribution < 1.29 is 19.4 Å². The highest BCUT2D eigenvalue weighted by atomic mass is 16.5. The summed E-state index contributed by atoms with van der Waals surface area (Å²) in [6.07, 6.45) is 6.73. The van der Waals surface area contributed by atoms with Crippen molar-refractivity contribution in [1.82, 2.24) is 5.32 Å². The molecule has 0 radical (unpaired) electrons. The Kier molecular flexibility index (Phi) is 4.59. The van der Waals surface area contributed by atoms with E-state index in [9.17, 15) is 9.90 Å². The number of methoxy groups -OCH3 is 1. The van der Waals surface area contributed by atoms with Gasteiger partial charge in [0.25, 0.3) is 0 Å². The van der Waals surface area contributed by atoms with Crippen molar-refractivity contribution in [1.29, 1.82) is 0 Å². The van der Waals surface area contributed by atoms with Gasteiger partial charge in [0, 0.05) is 6.42 Å². The normalized spacial score (nSPS) is 34.5. The molecule has 5 nitrogen and oxygen atoms in total. The van der Waals surface area contributed by atoms with Gasteiger partial charge in [-0.25, -0.2) is 0 Å². The van der Waals surface area contributed by atoms with Crippen molar-refractivity contribution in [2.24, 2.45) is 17.3 Å². The predicted molar refractivity (Wildman–Crippen MR) is 98.2 cm³/mol. The molecule has 0 aromatic heterocycles. The minimum absolute atomic E-state index is 0.0275. The molecule has 26 heavy (non-hydrogen) atoms. The fourth-order valence-corrected chi connectivity index (χ4v) is 6.04. The van der Waals surface area contributed by atoms with Gasteiger partial charge in [-0.05, 0) is 80.0 Å². The number of amides is 1. The molecule has 2 N–H and O–H groups in total. The molecule has 0 saturated heterocycles. The van der Waals surface area contributed by atoms with Gasteiger partial charge < -0.3 is 19.9 Å². The zero-order valence-corrected chi connectivity index (χ0v) is 15.5. The minimum atomic E-state index is -0.498. The largest absolute Gasteiger partial charge is 0.497 e. The molecule has 4 aliphatic carbocycles. The van der Waals surface area contributed by atoms with E-state index in [1.807, 2.05) is 24.3 Å². The zero-order chi connectivity index (χ0) is 18.2. The molecule has 4 bridgehead atoms. The van der Waals surface area contributed by atoms with Gasteiger partial charge in [-0.3, -0.25) is 4.79 Å². The van der Waals surface area contributed by atoms with Crippen molar-refractivity contribution in [3.8, 4) is 11.5 Å².